The fraction of sp³-hybridized carbons (Fsp3) is 0.348. The molecule has 0 radical (unpaired) electrons. The minimum absolute atomic E-state index is 0.0393. The molecule has 5 rings (SSSR count). The number of carbonyl (C=O) groups excluding carboxylic acids is 1. The van der Waals surface area contributed by atoms with Gasteiger partial charge in [-0.3, -0.25) is 14.5 Å². The second-order valence-electron chi connectivity index (χ2n) is 8.11. The molecule has 0 unspecified atom stereocenters. The van der Waals surface area contributed by atoms with Crippen LogP contribution < -0.4 is 5.32 Å². The summed E-state index contributed by atoms with van der Waals surface area (Å²) in [6.45, 7) is 3.48. The molecular weight excluding hydrogens is 453 g/mol. The summed E-state index contributed by atoms with van der Waals surface area (Å²) in [6, 6.07) is 6.55. The molecule has 1 aliphatic rings. The Balaban J connectivity index is 1.51. The third-order valence-electron chi connectivity index (χ3n) is 5.54. The van der Waals surface area contributed by atoms with Gasteiger partial charge in [-0.05, 0) is 36.8 Å². The van der Waals surface area contributed by atoms with Gasteiger partial charge in [-0.25, -0.2) is 0 Å². The Hall–Kier alpha value is -3.44. The van der Waals surface area contributed by atoms with Gasteiger partial charge in [0, 0.05) is 17.8 Å². The van der Waals surface area contributed by atoms with E-state index in [0.717, 1.165) is 5.56 Å². The summed E-state index contributed by atoms with van der Waals surface area (Å²) in [5.41, 5.74) is 0.325. The summed E-state index contributed by atoms with van der Waals surface area (Å²) < 4.78 is 60.4. The van der Waals surface area contributed by atoms with Gasteiger partial charge in [0.2, 0.25) is 5.76 Å². The average molecular weight is 474 g/mol. The van der Waals surface area contributed by atoms with Crippen molar-refractivity contribution in [2.24, 2.45) is 0 Å². The molecule has 1 saturated heterocycles. The fourth-order valence-electron chi connectivity index (χ4n) is 4.04. The third-order valence-corrected chi connectivity index (χ3v) is 5.54. The molecule has 1 amide bonds. The number of pyridine rings is 1. The molecule has 3 aromatic heterocycles. The Morgan fingerprint density at radius 3 is 2.85 bits per heavy atom. The number of benzene rings is 1. The SMILES string of the molecule is Cc1ccnc(CNC(=O)c2oc3ccc4cn(C[C@H]5COCCO5)nc4c3c2C(F)(F)F)c1. The van der Waals surface area contributed by atoms with Crippen LogP contribution in [0.2, 0.25) is 0 Å². The molecule has 0 bridgehead atoms. The van der Waals surface area contributed by atoms with Gasteiger partial charge < -0.3 is 19.2 Å². The number of alkyl halides is 3. The Morgan fingerprint density at radius 1 is 1.26 bits per heavy atom. The maximum absolute atomic E-state index is 14.2. The molecule has 0 aliphatic carbocycles. The summed E-state index contributed by atoms with van der Waals surface area (Å²) in [5.74, 6) is -1.78. The molecule has 4 aromatic rings. The van der Waals surface area contributed by atoms with Crippen LogP contribution in [0, 0.1) is 6.92 Å². The zero-order valence-corrected chi connectivity index (χ0v) is 18.2. The van der Waals surface area contributed by atoms with E-state index in [-0.39, 0.29) is 29.1 Å². The number of aryl methyl sites for hydroxylation is 1. The highest BCUT2D eigenvalue weighted by Crippen LogP contribution is 2.42. The molecule has 0 saturated carbocycles. The fourth-order valence-corrected chi connectivity index (χ4v) is 4.04. The van der Waals surface area contributed by atoms with Gasteiger partial charge in [0.25, 0.3) is 5.91 Å². The van der Waals surface area contributed by atoms with Gasteiger partial charge in [0.1, 0.15) is 22.8 Å². The monoisotopic (exact) mass is 474 g/mol. The van der Waals surface area contributed by atoms with Crippen LogP contribution in [0.25, 0.3) is 21.9 Å². The molecule has 1 aliphatic heterocycles. The molecule has 4 heterocycles. The van der Waals surface area contributed by atoms with Crippen LogP contribution in [0.15, 0.2) is 41.1 Å². The van der Waals surface area contributed by atoms with Crippen molar-refractivity contribution in [3.63, 3.8) is 0 Å². The summed E-state index contributed by atoms with van der Waals surface area (Å²) in [6.07, 6.45) is -1.88. The highest BCUT2D eigenvalue weighted by molar-refractivity contribution is 6.09. The lowest BCUT2D eigenvalue weighted by atomic mass is 10.1. The van der Waals surface area contributed by atoms with E-state index in [0.29, 0.717) is 37.4 Å². The zero-order chi connectivity index (χ0) is 23.9. The lowest BCUT2D eigenvalue weighted by Crippen LogP contribution is -2.32. The molecule has 1 aromatic carbocycles. The topological polar surface area (TPSA) is 91.4 Å². The Bertz CT molecular complexity index is 1360. The van der Waals surface area contributed by atoms with E-state index in [9.17, 15) is 18.0 Å². The number of aromatic nitrogens is 3. The average Bonchev–Trinajstić information content (AvgIpc) is 3.39. The molecule has 1 atom stereocenters. The van der Waals surface area contributed by atoms with E-state index >= 15 is 0 Å². The molecule has 34 heavy (non-hydrogen) atoms. The number of hydrogen-bond acceptors (Lipinski definition) is 6. The van der Waals surface area contributed by atoms with Gasteiger partial charge in [-0.2, -0.15) is 18.3 Å². The van der Waals surface area contributed by atoms with Crippen LogP contribution in [0.3, 0.4) is 0 Å². The van der Waals surface area contributed by atoms with Crippen molar-refractivity contribution in [1.29, 1.82) is 0 Å². The van der Waals surface area contributed by atoms with Crippen molar-refractivity contribution in [3.05, 3.63) is 59.2 Å². The molecule has 178 valence electrons. The number of furan rings is 1. The number of carbonyl (C=O) groups is 1. The number of nitrogens with zero attached hydrogens (tertiary/aromatic N) is 3. The lowest BCUT2D eigenvalue weighted by Gasteiger charge is -2.22. The van der Waals surface area contributed by atoms with Gasteiger partial charge in [-0.15, -0.1) is 0 Å². The molecular formula is C23H21F3N4O4. The van der Waals surface area contributed by atoms with E-state index in [1.165, 1.54) is 10.7 Å². The highest BCUT2D eigenvalue weighted by Gasteiger charge is 2.42. The molecule has 8 nitrogen and oxygen atoms in total. The van der Waals surface area contributed by atoms with E-state index in [1.54, 1.807) is 30.6 Å². The van der Waals surface area contributed by atoms with Crippen molar-refractivity contribution >= 4 is 27.8 Å². The van der Waals surface area contributed by atoms with Crippen LogP contribution in [-0.2, 0) is 28.7 Å². The van der Waals surface area contributed by atoms with Crippen molar-refractivity contribution in [3.8, 4) is 0 Å². The minimum atomic E-state index is -4.84. The Labute approximate surface area is 191 Å². The predicted octanol–water partition coefficient (Wildman–Crippen LogP) is 3.85. The number of ether oxygens (including phenoxy) is 2. The molecule has 11 heteroatoms. The van der Waals surface area contributed by atoms with Crippen LogP contribution in [0.5, 0.6) is 0 Å². The van der Waals surface area contributed by atoms with Crippen molar-refractivity contribution in [2.45, 2.75) is 32.3 Å². The largest absolute Gasteiger partial charge is 0.450 e. The first-order chi connectivity index (χ1) is 16.3. The van der Waals surface area contributed by atoms with Crippen molar-refractivity contribution < 1.29 is 31.9 Å². The summed E-state index contributed by atoms with van der Waals surface area (Å²) >= 11 is 0. The van der Waals surface area contributed by atoms with Crippen LogP contribution >= 0.6 is 0 Å². The highest BCUT2D eigenvalue weighted by atomic mass is 19.4. The molecule has 0 spiro atoms. The number of halogens is 3. The molecule has 1 fully saturated rings. The predicted molar refractivity (Wildman–Crippen MR) is 115 cm³/mol. The van der Waals surface area contributed by atoms with Gasteiger partial charge in [0.15, 0.2) is 0 Å². The van der Waals surface area contributed by atoms with E-state index in [2.05, 4.69) is 15.4 Å². The normalized spacial score (nSPS) is 16.9. The van der Waals surface area contributed by atoms with Crippen LogP contribution in [0.1, 0.15) is 27.4 Å². The van der Waals surface area contributed by atoms with Gasteiger partial charge in [0.05, 0.1) is 44.0 Å². The van der Waals surface area contributed by atoms with Crippen LogP contribution in [-0.4, -0.2) is 46.6 Å². The first kappa shape index (κ1) is 22.4. The second-order valence-corrected chi connectivity index (χ2v) is 8.11. The molecule has 1 N–H and O–H groups in total. The Kier molecular flexibility index (Phi) is 5.74. The van der Waals surface area contributed by atoms with E-state index < -0.39 is 23.4 Å². The standard InChI is InChI=1S/C23H21F3N4O4/c1-13-4-5-27-15(8-13)9-28-22(31)21-19(23(24,25)26)18-17(34-21)3-2-14-10-30(29-20(14)18)11-16-12-32-6-7-33-16/h2-5,8,10,16H,6-7,9,11-12H2,1H3,(H,28,31)/t16-/m0/s1. The van der Waals surface area contributed by atoms with Crippen molar-refractivity contribution in [1.82, 2.24) is 20.1 Å². The number of nitrogens with one attached hydrogen (secondary N) is 1. The van der Waals surface area contributed by atoms with Crippen molar-refractivity contribution in [2.75, 3.05) is 19.8 Å². The van der Waals surface area contributed by atoms with Gasteiger partial charge in [-0.1, -0.05) is 0 Å². The summed E-state index contributed by atoms with van der Waals surface area (Å²) in [4.78, 5) is 16.9. The number of amides is 1. The third kappa shape index (κ3) is 4.36. The first-order valence-electron chi connectivity index (χ1n) is 10.7. The maximum Gasteiger partial charge on any atom is 0.421 e. The van der Waals surface area contributed by atoms with Gasteiger partial charge >= 0.3 is 6.18 Å². The first-order valence-corrected chi connectivity index (χ1v) is 10.7. The smallest absolute Gasteiger partial charge is 0.421 e. The quantitative estimate of drug-likeness (QED) is 0.473. The van der Waals surface area contributed by atoms with Crippen LogP contribution in [0.4, 0.5) is 13.2 Å². The zero-order valence-electron chi connectivity index (χ0n) is 18.2. The maximum atomic E-state index is 14.2. The second kappa shape index (κ2) is 8.73. The number of fused-ring (bicyclic) bond motifs is 3. The lowest BCUT2D eigenvalue weighted by molar-refractivity contribution is -0.137. The summed E-state index contributed by atoms with van der Waals surface area (Å²) in [7, 11) is 0. The Morgan fingerprint density at radius 2 is 2.12 bits per heavy atom. The summed E-state index contributed by atoms with van der Waals surface area (Å²) in [5, 5.41) is 7.08. The van der Waals surface area contributed by atoms with E-state index in [4.69, 9.17) is 13.9 Å². The minimum Gasteiger partial charge on any atom is -0.450 e. The number of rotatable bonds is 5. The number of hydrogen-bond donors (Lipinski definition) is 1. The van der Waals surface area contributed by atoms with E-state index in [1.807, 2.05) is 6.92 Å².